The van der Waals surface area contributed by atoms with Gasteiger partial charge in [-0.05, 0) is 36.1 Å². The first-order valence-corrected chi connectivity index (χ1v) is 5.15. The Hall–Kier alpha value is -0.690. The second-order valence-electron chi connectivity index (χ2n) is 4.87. The summed E-state index contributed by atoms with van der Waals surface area (Å²) in [6.45, 7) is 5.36. The van der Waals surface area contributed by atoms with Crippen LogP contribution in [-0.4, -0.2) is 6.54 Å². The largest absolute Gasteiger partial charge is 0.0940 e. The highest BCUT2D eigenvalue weighted by molar-refractivity contribution is 4.79. The van der Waals surface area contributed by atoms with E-state index in [4.69, 9.17) is 5.53 Å². The Balaban J connectivity index is 2.30. The summed E-state index contributed by atoms with van der Waals surface area (Å²) in [5, 5.41) is 3.59. The molecule has 13 heavy (non-hydrogen) atoms. The molecule has 0 saturated heterocycles. The third-order valence-corrected chi connectivity index (χ3v) is 3.01. The molecule has 0 radical (unpaired) electrons. The summed E-state index contributed by atoms with van der Waals surface area (Å²) in [6.07, 6.45) is 6.39. The van der Waals surface area contributed by atoms with Crippen molar-refractivity contribution in [1.82, 2.24) is 0 Å². The van der Waals surface area contributed by atoms with Crippen molar-refractivity contribution >= 4 is 0 Å². The molecule has 0 amide bonds. The molecule has 1 unspecified atom stereocenters. The normalized spacial score (nSPS) is 26.5. The molecule has 1 aliphatic rings. The molecule has 1 atom stereocenters. The van der Waals surface area contributed by atoms with Crippen LogP contribution in [0.25, 0.3) is 10.4 Å². The third-order valence-electron chi connectivity index (χ3n) is 3.01. The van der Waals surface area contributed by atoms with Gasteiger partial charge in [-0.2, -0.15) is 0 Å². The van der Waals surface area contributed by atoms with Crippen LogP contribution < -0.4 is 0 Å². The zero-order chi connectivity index (χ0) is 9.73. The van der Waals surface area contributed by atoms with Crippen molar-refractivity contribution in [3.63, 3.8) is 0 Å². The molecule has 0 aliphatic heterocycles. The summed E-state index contributed by atoms with van der Waals surface area (Å²) < 4.78 is 0. The van der Waals surface area contributed by atoms with Crippen molar-refractivity contribution in [2.45, 2.75) is 46.0 Å². The van der Waals surface area contributed by atoms with E-state index in [2.05, 4.69) is 23.9 Å². The van der Waals surface area contributed by atoms with Gasteiger partial charge in [0.2, 0.25) is 0 Å². The number of nitrogens with zero attached hydrogens (tertiary/aromatic N) is 3. The lowest BCUT2D eigenvalue weighted by molar-refractivity contribution is 0.175. The Bertz CT molecular complexity index is 204. The maximum Gasteiger partial charge on any atom is 0.0260 e. The molecular formula is C10H19N3. The van der Waals surface area contributed by atoms with Crippen molar-refractivity contribution in [3.05, 3.63) is 10.4 Å². The molecule has 0 aromatic heterocycles. The average Bonchev–Trinajstić information content (AvgIpc) is 2.03. The SMILES string of the molecule is CC1(C)CCCC(CCN=[N+]=[N-])C1. The van der Waals surface area contributed by atoms with E-state index in [1.807, 2.05) is 0 Å². The van der Waals surface area contributed by atoms with Gasteiger partial charge in [0, 0.05) is 11.5 Å². The fraction of sp³-hybridized carbons (Fsp3) is 1.00. The van der Waals surface area contributed by atoms with Crippen LogP contribution in [0, 0.1) is 11.3 Å². The van der Waals surface area contributed by atoms with Gasteiger partial charge in [-0.25, -0.2) is 0 Å². The van der Waals surface area contributed by atoms with Gasteiger partial charge in [0.15, 0.2) is 0 Å². The van der Waals surface area contributed by atoms with Gasteiger partial charge < -0.3 is 0 Å². The van der Waals surface area contributed by atoms with Crippen molar-refractivity contribution < 1.29 is 0 Å². The zero-order valence-corrected chi connectivity index (χ0v) is 8.66. The van der Waals surface area contributed by atoms with Crippen LogP contribution in [0.3, 0.4) is 0 Å². The monoisotopic (exact) mass is 181 g/mol. The standard InChI is InChI=1S/C10H19N3/c1-10(2)6-3-4-9(8-10)5-7-12-13-11/h9H,3-8H2,1-2H3. The molecule has 3 nitrogen and oxygen atoms in total. The molecular weight excluding hydrogens is 162 g/mol. The van der Waals surface area contributed by atoms with E-state index in [-0.39, 0.29) is 0 Å². The molecule has 1 fully saturated rings. The first-order chi connectivity index (χ1) is 6.14. The summed E-state index contributed by atoms with van der Waals surface area (Å²) in [6, 6.07) is 0. The summed E-state index contributed by atoms with van der Waals surface area (Å²) >= 11 is 0. The zero-order valence-electron chi connectivity index (χ0n) is 8.66. The van der Waals surface area contributed by atoms with Crippen LogP contribution in [0.15, 0.2) is 5.11 Å². The molecule has 0 aromatic rings. The van der Waals surface area contributed by atoms with Gasteiger partial charge >= 0.3 is 0 Å². The van der Waals surface area contributed by atoms with Gasteiger partial charge in [-0.15, -0.1) is 0 Å². The summed E-state index contributed by atoms with van der Waals surface area (Å²) in [7, 11) is 0. The molecule has 0 spiro atoms. The fourth-order valence-electron chi connectivity index (χ4n) is 2.39. The average molecular weight is 181 g/mol. The lowest BCUT2D eigenvalue weighted by Gasteiger charge is -2.35. The van der Waals surface area contributed by atoms with E-state index in [1.165, 1.54) is 25.7 Å². The molecule has 0 heterocycles. The minimum absolute atomic E-state index is 0.513. The van der Waals surface area contributed by atoms with Crippen molar-refractivity contribution in [1.29, 1.82) is 0 Å². The summed E-state index contributed by atoms with van der Waals surface area (Å²) in [4.78, 5) is 2.78. The molecule has 74 valence electrons. The van der Waals surface area contributed by atoms with E-state index in [1.54, 1.807) is 0 Å². The summed E-state index contributed by atoms with van der Waals surface area (Å²) in [5.74, 6) is 0.786. The molecule has 0 aromatic carbocycles. The van der Waals surface area contributed by atoms with Crippen LogP contribution in [0.2, 0.25) is 0 Å². The van der Waals surface area contributed by atoms with Crippen LogP contribution in [0.1, 0.15) is 46.0 Å². The minimum Gasteiger partial charge on any atom is -0.0940 e. The number of hydrogen-bond donors (Lipinski definition) is 0. The Morgan fingerprint density at radius 1 is 1.54 bits per heavy atom. The second kappa shape index (κ2) is 4.52. The Morgan fingerprint density at radius 3 is 2.92 bits per heavy atom. The highest BCUT2D eigenvalue weighted by atomic mass is 15.1. The highest BCUT2D eigenvalue weighted by Gasteiger charge is 2.27. The van der Waals surface area contributed by atoms with E-state index < -0.39 is 0 Å². The van der Waals surface area contributed by atoms with Crippen molar-refractivity contribution in [2.75, 3.05) is 6.54 Å². The maximum atomic E-state index is 8.16. The molecule has 0 N–H and O–H groups in total. The molecule has 3 heteroatoms. The maximum absolute atomic E-state index is 8.16. The van der Waals surface area contributed by atoms with Gasteiger partial charge in [0.05, 0.1) is 0 Å². The van der Waals surface area contributed by atoms with E-state index in [9.17, 15) is 0 Å². The minimum atomic E-state index is 0.513. The van der Waals surface area contributed by atoms with Gasteiger partial charge in [-0.1, -0.05) is 31.8 Å². The van der Waals surface area contributed by atoms with E-state index in [0.29, 0.717) is 12.0 Å². The predicted octanol–water partition coefficient (Wildman–Crippen LogP) is 3.90. The fourth-order valence-corrected chi connectivity index (χ4v) is 2.39. The first-order valence-electron chi connectivity index (χ1n) is 5.15. The summed E-state index contributed by atoms with van der Waals surface area (Å²) in [5.41, 5.74) is 8.67. The highest BCUT2D eigenvalue weighted by Crippen LogP contribution is 2.39. The Kier molecular flexibility index (Phi) is 3.61. The smallest absolute Gasteiger partial charge is 0.0260 e. The van der Waals surface area contributed by atoms with Crippen LogP contribution >= 0.6 is 0 Å². The lowest BCUT2D eigenvalue weighted by atomic mass is 9.71. The predicted molar refractivity (Wildman–Crippen MR) is 54.4 cm³/mol. The third kappa shape index (κ3) is 3.69. The van der Waals surface area contributed by atoms with Crippen molar-refractivity contribution in [3.8, 4) is 0 Å². The van der Waals surface area contributed by atoms with Gasteiger partial charge in [-0.3, -0.25) is 0 Å². The first kappa shape index (κ1) is 10.4. The lowest BCUT2D eigenvalue weighted by Crippen LogP contribution is -2.22. The Labute approximate surface area is 80.2 Å². The quantitative estimate of drug-likeness (QED) is 0.360. The topological polar surface area (TPSA) is 48.8 Å². The van der Waals surface area contributed by atoms with Crippen LogP contribution in [-0.2, 0) is 0 Å². The van der Waals surface area contributed by atoms with Crippen LogP contribution in [0.5, 0.6) is 0 Å². The van der Waals surface area contributed by atoms with Gasteiger partial charge in [0.1, 0.15) is 0 Å². The number of azide groups is 1. The van der Waals surface area contributed by atoms with Crippen molar-refractivity contribution in [2.24, 2.45) is 16.4 Å². The number of rotatable bonds is 3. The molecule has 1 rings (SSSR count). The second-order valence-corrected chi connectivity index (χ2v) is 4.87. The molecule has 0 bridgehead atoms. The van der Waals surface area contributed by atoms with E-state index in [0.717, 1.165) is 12.3 Å². The number of hydrogen-bond acceptors (Lipinski definition) is 1. The Morgan fingerprint density at radius 2 is 2.31 bits per heavy atom. The van der Waals surface area contributed by atoms with Gasteiger partial charge in [0.25, 0.3) is 0 Å². The van der Waals surface area contributed by atoms with E-state index >= 15 is 0 Å². The molecule has 1 saturated carbocycles. The molecule has 1 aliphatic carbocycles. The van der Waals surface area contributed by atoms with Crippen LogP contribution in [0.4, 0.5) is 0 Å².